The van der Waals surface area contributed by atoms with Crippen LogP contribution in [0, 0.1) is 5.41 Å². The van der Waals surface area contributed by atoms with E-state index < -0.39 is 39.5 Å². The molecule has 4 aliphatic heterocycles. The second kappa shape index (κ2) is 8.00. The predicted octanol–water partition coefficient (Wildman–Crippen LogP) is -0.656. The van der Waals surface area contributed by atoms with E-state index in [-0.39, 0.29) is 46.9 Å². The van der Waals surface area contributed by atoms with Crippen molar-refractivity contribution < 1.29 is 27.6 Å². The van der Waals surface area contributed by atoms with E-state index in [4.69, 9.17) is 0 Å². The molecule has 10 nitrogen and oxygen atoms in total. The first-order valence-corrected chi connectivity index (χ1v) is 13.0. The average molecular weight is 475 g/mol. The number of piperidine rings is 1. The van der Waals surface area contributed by atoms with Crippen LogP contribution >= 0.6 is 0 Å². The Morgan fingerprint density at radius 2 is 1.85 bits per heavy atom. The van der Waals surface area contributed by atoms with Crippen LogP contribution in [-0.2, 0) is 26.0 Å². The number of hydrogen-bond donors (Lipinski definition) is 3. The van der Waals surface area contributed by atoms with Gasteiger partial charge in [-0.05, 0) is 30.9 Å². The average Bonchev–Trinajstić information content (AvgIpc) is 3.28. The van der Waals surface area contributed by atoms with Crippen LogP contribution in [0.25, 0.3) is 0 Å². The number of amides is 4. The molecule has 0 saturated carbocycles. The van der Waals surface area contributed by atoms with Gasteiger partial charge in [0.2, 0.25) is 11.8 Å². The summed E-state index contributed by atoms with van der Waals surface area (Å²) in [6.45, 7) is 1.78. The van der Waals surface area contributed by atoms with Crippen molar-refractivity contribution in [1.29, 1.82) is 0 Å². The van der Waals surface area contributed by atoms with Gasteiger partial charge in [-0.3, -0.25) is 29.4 Å². The number of sulfone groups is 1. The van der Waals surface area contributed by atoms with Crippen LogP contribution < -0.4 is 16.0 Å². The van der Waals surface area contributed by atoms with E-state index >= 15 is 0 Å². The molecule has 2 unspecified atom stereocenters. The van der Waals surface area contributed by atoms with Crippen LogP contribution in [0.5, 0.6) is 0 Å². The van der Waals surface area contributed by atoms with Gasteiger partial charge in [0.15, 0.2) is 0 Å². The zero-order chi connectivity index (χ0) is 23.4. The van der Waals surface area contributed by atoms with Gasteiger partial charge >= 0.3 is 0 Å². The molecule has 5 rings (SSSR count). The fourth-order valence-electron chi connectivity index (χ4n) is 5.53. The molecule has 2 atom stereocenters. The van der Waals surface area contributed by atoms with Crippen molar-refractivity contribution in [1.82, 2.24) is 20.9 Å². The van der Waals surface area contributed by atoms with Gasteiger partial charge in [0, 0.05) is 37.5 Å². The van der Waals surface area contributed by atoms with E-state index in [9.17, 15) is 27.6 Å². The quantitative estimate of drug-likeness (QED) is 0.489. The molecule has 1 aromatic rings. The molecule has 0 aromatic heterocycles. The summed E-state index contributed by atoms with van der Waals surface area (Å²) in [5.41, 5.74) is 1.05. The number of hydrogen-bond acceptors (Lipinski definition) is 8. The summed E-state index contributed by atoms with van der Waals surface area (Å²) in [6.07, 6.45) is 1.37. The van der Waals surface area contributed by atoms with Gasteiger partial charge in [0.05, 0.1) is 22.6 Å². The first kappa shape index (κ1) is 22.2. The molecule has 1 spiro atoms. The minimum atomic E-state index is -2.98. The summed E-state index contributed by atoms with van der Waals surface area (Å²) in [5, 5.41) is 9.06. The third kappa shape index (κ3) is 3.77. The maximum absolute atomic E-state index is 13.3. The number of carbonyl (C=O) groups is 4. The molecule has 33 heavy (non-hydrogen) atoms. The molecule has 0 radical (unpaired) electrons. The van der Waals surface area contributed by atoms with Crippen molar-refractivity contribution in [2.75, 3.05) is 24.6 Å². The molecule has 0 aliphatic carbocycles. The van der Waals surface area contributed by atoms with Gasteiger partial charge in [0.1, 0.15) is 15.9 Å². The Labute approximate surface area is 191 Å². The van der Waals surface area contributed by atoms with Gasteiger partial charge in [-0.25, -0.2) is 8.42 Å². The second-order valence-electron chi connectivity index (χ2n) is 9.37. The smallest absolute Gasteiger partial charge is 0.262 e. The summed E-state index contributed by atoms with van der Waals surface area (Å²) in [6, 6.07) is 4.12. The van der Waals surface area contributed by atoms with E-state index in [2.05, 4.69) is 16.0 Å². The summed E-state index contributed by atoms with van der Waals surface area (Å²) >= 11 is 0. The van der Waals surface area contributed by atoms with Crippen LogP contribution in [-0.4, -0.2) is 73.6 Å². The lowest BCUT2D eigenvalue weighted by Gasteiger charge is -2.38. The largest absolute Gasteiger partial charge is 0.315 e. The highest BCUT2D eigenvalue weighted by Gasteiger charge is 2.47. The van der Waals surface area contributed by atoms with Crippen LogP contribution in [0.4, 0.5) is 0 Å². The highest BCUT2D eigenvalue weighted by Crippen LogP contribution is 2.38. The molecule has 1 aromatic carbocycles. The maximum atomic E-state index is 13.3. The van der Waals surface area contributed by atoms with Gasteiger partial charge in [-0.1, -0.05) is 12.1 Å². The number of rotatable bonds is 4. The molecule has 4 aliphatic rings. The molecule has 0 bridgehead atoms. The van der Waals surface area contributed by atoms with Crippen LogP contribution in [0.2, 0.25) is 0 Å². The van der Waals surface area contributed by atoms with Gasteiger partial charge in [-0.15, -0.1) is 0 Å². The topological polar surface area (TPSA) is 142 Å². The van der Waals surface area contributed by atoms with E-state index in [1.54, 1.807) is 18.2 Å². The summed E-state index contributed by atoms with van der Waals surface area (Å²) in [7, 11) is -2.98. The lowest BCUT2D eigenvalue weighted by molar-refractivity contribution is -0.136. The van der Waals surface area contributed by atoms with Crippen LogP contribution in [0.1, 0.15) is 52.0 Å². The van der Waals surface area contributed by atoms with Crippen LogP contribution in [0.15, 0.2) is 18.2 Å². The zero-order valence-electron chi connectivity index (χ0n) is 18.1. The standard InChI is InChI=1S/C22H26N4O6S/c27-17-5-4-15(19(28)25-17)26-20(29)14-3-1-2-13(18(14)21(26)30)10-24-16-11-23-12-22(16)6-8-33(31,32)9-7-22/h1-3,15-16,23-24H,4-12H2,(H,25,27,28). The maximum Gasteiger partial charge on any atom is 0.262 e. The summed E-state index contributed by atoms with van der Waals surface area (Å²) in [4.78, 5) is 51.0. The molecule has 3 N–H and O–H groups in total. The van der Waals surface area contributed by atoms with Gasteiger partial charge < -0.3 is 10.6 Å². The second-order valence-corrected chi connectivity index (χ2v) is 11.7. The molecular formula is C22H26N4O6S. The zero-order valence-corrected chi connectivity index (χ0v) is 18.9. The first-order valence-electron chi connectivity index (χ1n) is 11.2. The Hall–Kier alpha value is -2.63. The van der Waals surface area contributed by atoms with E-state index in [1.165, 1.54) is 0 Å². The van der Waals surface area contributed by atoms with Crippen LogP contribution in [0.3, 0.4) is 0 Å². The van der Waals surface area contributed by atoms with Crippen molar-refractivity contribution in [3.63, 3.8) is 0 Å². The Morgan fingerprint density at radius 1 is 1.09 bits per heavy atom. The van der Waals surface area contributed by atoms with Crippen molar-refractivity contribution in [2.24, 2.45) is 5.41 Å². The molecule has 4 amide bonds. The molecule has 3 fully saturated rings. The van der Waals surface area contributed by atoms with Crippen molar-refractivity contribution in [3.8, 4) is 0 Å². The third-order valence-electron chi connectivity index (χ3n) is 7.48. The lowest BCUT2D eigenvalue weighted by atomic mass is 9.77. The molecule has 4 heterocycles. The number of imide groups is 2. The van der Waals surface area contributed by atoms with Crippen molar-refractivity contribution >= 4 is 33.5 Å². The molecule has 3 saturated heterocycles. The normalized spacial score (nSPS) is 28.3. The van der Waals surface area contributed by atoms with E-state index in [0.717, 1.165) is 11.4 Å². The van der Waals surface area contributed by atoms with E-state index in [0.29, 0.717) is 31.5 Å². The SMILES string of the molecule is O=C1CCC(N2C(=O)c3cccc(CNC4CNCC45CCS(=O)(=O)CC5)c3C2=O)C(=O)N1. The predicted molar refractivity (Wildman–Crippen MR) is 117 cm³/mol. The highest BCUT2D eigenvalue weighted by atomic mass is 32.2. The highest BCUT2D eigenvalue weighted by molar-refractivity contribution is 7.91. The van der Waals surface area contributed by atoms with Crippen molar-refractivity contribution in [3.05, 3.63) is 34.9 Å². The van der Waals surface area contributed by atoms with E-state index in [1.807, 2.05) is 0 Å². The van der Waals surface area contributed by atoms with Gasteiger partial charge in [-0.2, -0.15) is 0 Å². The first-order chi connectivity index (χ1) is 15.7. The monoisotopic (exact) mass is 474 g/mol. The summed E-state index contributed by atoms with van der Waals surface area (Å²) < 4.78 is 23.8. The number of fused-ring (bicyclic) bond motifs is 1. The Bertz CT molecular complexity index is 1150. The summed E-state index contributed by atoms with van der Waals surface area (Å²) in [5.74, 6) is -1.73. The number of nitrogens with zero attached hydrogens (tertiary/aromatic N) is 1. The minimum Gasteiger partial charge on any atom is -0.315 e. The van der Waals surface area contributed by atoms with Crippen molar-refractivity contribution in [2.45, 2.75) is 44.3 Å². The Balaban J connectivity index is 1.35. The fourth-order valence-corrected chi connectivity index (χ4v) is 7.17. The number of carbonyl (C=O) groups excluding carboxylic acids is 4. The molecular weight excluding hydrogens is 448 g/mol. The molecule has 11 heteroatoms. The Kier molecular flexibility index (Phi) is 5.37. The molecule has 176 valence electrons. The number of nitrogens with one attached hydrogen (secondary N) is 3. The minimum absolute atomic E-state index is 0.0438. The fraction of sp³-hybridized carbons (Fsp3) is 0.545. The third-order valence-corrected chi connectivity index (χ3v) is 9.13. The van der Waals surface area contributed by atoms with Gasteiger partial charge in [0.25, 0.3) is 11.8 Å². The Morgan fingerprint density at radius 3 is 2.58 bits per heavy atom. The lowest BCUT2D eigenvalue weighted by Crippen LogP contribution is -2.54. The number of benzene rings is 1.